The van der Waals surface area contributed by atoms with Crippen LogP contribution in [-0.2, 0) is 9.53 Å². The van der Waals surface area contributed by atoms with Crippen molar-refractivity contribution in [3.63, 3.8) is 0 Å². The molecule has 0 saturated carbocycles. The zero-order chi connectivity index (χ0) is 11.5. The molecule has 86 valence electrons. The highest BCUT2D eigenvalue weighted by atomic mass is 16.5. The monoisotopic (exact) mass is 214 g/mol. The number of esters is 1. The van der Waals surface area contributed by atoms with Crippen LogP contribution in [0.2, 0.25) is 0 Å². The lowest BCUT2D eigenvalue weighted by atomic mass is 10.2. The summed E-state index contributed by atoms with van der Waals surface area (Å²) in [6.07, 6.45) is 8.30. The molecule has 1 atom stereocenters. The molecule has 0 rings (SSSR count). The molecule has 0 aliphatic heterocycles. The Kier molecular flexibility index (Phi) is 8.72. The van der Waals surface area contributed by atoms with Crippen LogP contribution in [0, 0.1) is 0 Å². The topological polar surface area (TPSA) is 66.8 Å². The average molecular weight is 214 g/mol. The first-order valence-electron chi connectivity index (χ1n) is 5.03. The second-order valence-corrected chi connectivity index (χ2v) is 3.03. The third-order valence-corrected chi connectivity index (χ3v) is 1.68. The molecular formula is C11H18O4. The SMILES string of the molecule is CCCC/C=C/C=C/OC(=O)C(O)CO. The fourth-order valence-electron chi connectivity index (χ4n) is 0.802. The summed E-state index contributed by atoms with van der Waals surface area (Å²) in [7, 11) is 0. The van der Waals surface area contributed by atoms with Gasteiger partial charge in [0.25, 0.3) is 0 Å². The van der Waals surface area contributed by atoms with Gasteiger partial charge in [-0.25, -0.2) is 4.79 Å². The first-order valence-corrected chi connectivity index (χ1v) is 5.03. The van der Waals surface area contributed by atoms with Gasteiger partial charge in [-0.3, -0.25) is 0 Å². The number of unbranched alkanes of at least 4 members (excludes halogenated alkanes) is 2. The predicted molar refractivity (Wildman–Crippen MR) is 57.0 cm³/mol. The van der Waals surface area contributed by atoms with E-state index >= 15 is 0 Å². The quantitative estimate of drug-likeness (QED) is 0.289. The van der Waals surface area contributed by atoms with E-state index < -0.39 is 18.7 Å². The van der Waals surface area contributed by atoms with Crippen LogP contribution >= 0.6 is 0 Å². The van der Waals surface area contributed by atoms with Crippen LogP contribution < -0.4 is 0 Å². The molecule has 0 aliphatic rings. The molecule has 1 unspecified atom stereocenters. The van der Waals surface area contributed by atoms with Crippen LogP contribution in [0.1, 0.15) is 26.2 Å². The van der Waals surface area contributed by atoms with Crippen molar-refractivity contribution in [3.05, 3.63) is 24.5 Å². The molecular weight excluding hydrogens is 196 g/mol. The van der Waals surface area contributed by atoms with Crippen molar-refractivity contribution < 1.29 is 19.7 Å². The summed E-state index contributed by atoms with van der Waals surface area (Å²) in [5.74, 6) is -0.851. The van der Waals surface area contributed by atoms with Crippen molar-refractivity contribution >= 4 is 5.97 Å². The fourth-order valence-corrected chi connectivity index (χ4v) is 0.802. The molecule has 0 aromatic heterocycles. The van der Waals surface area contributed by atoms with E-state index in [9.17, 15) is 4.79 Å². The largest absolute Gasteiger partial charge is 0.433 e. The maximum atomic E-state index is 10.8. The number of hydrogen-bond donors (Lipinski definition) is 2. The highest BCUT2D eigenvalue weighted by Crippen LogP contribution is 1.95. The minimum Gasteiger partial charge on any atom is -0.433 e. The van der Waals surface area contributed by atoms with Gasteiger partial charge in [0, 0.05) is 0 Å². The zero-order valence-electron chi connectivity index (χ0n) is 8.93. The zero-order valence-corrected chi connectivity index (χ0v) is 8.93. The van der Waals surface area contributed by atoms with Gasteiger partial charge in [-0.2, -0.15) is 0 Å². The number of carbonyl (C=O) groups is 1. The van der Waals surface area contributed by atoms with Gasteiger partial charge in [0.05, 0.1) is 12.9 Å². The molecule has 0 spiro atoms. The van der Waals surface area contributed by atoms with Gasteiger partial charge >= 0.3 is 5.97 Å². The third-order valence-electron chi connectivity index (χ3n) is 1.68. The molecule has 0 aromatic carbocycles. The number of carbonyl (C=O) groups excluding carboxylic acids is 1. The minimum absolute atomic E-state index is 0.626. The minimum atomic E-state index is -1.46. The summed E-state index contributed by atoms with van der Waals surface area (Å²) < 4.78 is 4.52. The Labute approximate surface area is 89.9 Å². The van der Waals surface area contributed by atoms with Crippen LogP contribution in [0.3, 0.4) is 0 Å². The Morgan fingerprint density at radius 3 is 2.80 bits per heavy atom. The van der Waals surface area contributed by atoms with E-state index in [2.05, 4.69) is 11.7 Å². The van der Waals surface area contributed by atoms with Crippen LogP contribution in [0.25, 0.3) is 0 Å². The maximum Gasteiger partial charge on any atom is 0.342 e. The molecule has 0 fully saturated rings. The van der Waals surface area contributed by atoms with Gasteiger partial charge in [0.15, 0.2) is 6.10 Å². The molecule has 0 heterocycles. The van der Waals surface area contributed by atoms with E-state index in [0.717, 1.165) is 19.3 Å². The molecule has 0 saturated heterocycles. The van der Waals surface area contributed by atoms with Gasteiger partial charge in [-0.05, 0) is 12.5 Å². The number of aliphatic hydroxyl groups is 2. The van der Waals surface area contributed by atoms with E-state index in [4.69, 9.17) is 10.2 Å². The summed E-state index contributed by atoms with van der Waals surface area (Å²) in [6, 6.07) is 0. The summed E-state index contributed by atoms with van der Waals surface area (Å²) in [6.45, 7) is 1.49. The van der Waals surface area contributed by atoms with E-state index in [1.165, 1.54) is 6.26 Å². The number of rotatable bonds is 7. The number of aliphatic hydroxyl groups excluding tert-OH is 2. The lowest BCUT2D eigenvalue weighted by Gasteiger charge is -2.02. The van der Waals surface area contributed by atoms with Gasteiger partial charge < -0.3 is 14.9 Å². The van der Waals surface area contributed by atoms with Crippen molar-refractivity contribution in [1.82, 2.24) is 0 Å². The van der Waals surface area contributed by atoms with Gasteiger partial charge in [-0.1, -0.05) is 31.9 Å². The Hall–Kier alpha value is -1.13. The van der Waals surface area contributed by atoms with Crippen LogP contribution in [-0.4, -0.2) is 28.9 Å². The van der Waals surface area contributed by atoms with Crippen LogP contribution in [0.15, 0.2) is 24.5 Å². The standard InChI is InChI=1S/C11H18O4/c1-2-3-4-5-6-7-8-15-11(14)10(13)9-12/h5-8,10,12-13H,2-4,9H2,1H3/b6-5+,8-7+. The molecule has 4 nitrogen and oxygen atoms in total. The second kappa shape index (κ2) is 9.43. The maximum absolute atomic E-state index is 10.8. The Morgan fingerprint density at radius 1 is 1.47 bits per heavy atom. The summed E-state index contributed by atoms with van der Waals surface area (Å²) in [4.78, 5) is 10.8. The normalized spacial score (nSPS) is 13.5. The molecule has 0 amide bonds. The second-order valence-electron chi connectivity index (χ2n) is 3.03. The summed E-state index contributed by atoms with van der Waals surface area (Å²) in [5, 5.41) is 17.2. The molecule has 0 aliphatic carbocycles. The van der Waals surface area contributed by atoms with E-state index in [1.54, 1.807) is 12.2 Å². The first kappa shape index (κ1) is 13.9. The summed E-state index contributed by atoms with van der Waals surface area (Å²) in [5.41, 5.74) is 0. The molecule has 15 heavy (non-hydrogen) atoms. The lowest BCUT2D eigenvalue weighted by molar-refractivity contribution is -0.149. The van der Waals surface area contributed by atoms with Crippen molar-refractivity contribution in [2.75, 3.05) is 6.61 Å². The van der Waals surface area contributed by atoms with Gasteiger partial charge in [0.1, 0.15) is 0 Å². The first-order chi connectivity index (χ1) is 7.22. The highest BCUT2D eigenvalue weighted by molar-refractivity contribution is 5.75. The summed E-state index contributed by atoms with van der Waals surface area (Å²) >= 11 is 0. The van der Waals surface area contributed by atoms with E-state index in [1.807, 2.05) is 6.08 Å². The molecule has 4 heteroatoms. The third kappa shape index (κ3) is 7.90. The lowest BCUT2D eigenvalue weighted by Crippen LogP contribution is -2.24. The van der Waals surface area contributed by atoms with Crippen LogP contribution in [0.5, 0.6) is 0 Å². The predicted octanol–water partition coefficient (Wildman–Crippen LogP) is 1.14. The molecule has 2 N–H and O–H groups in total. The Balaban J connectivity index is 3.61. The number of hydrogen-bond acceptors (Lipinski definition) is 4. The van der Waals surface area contributed by atoms with Crippen molar-refractivity contribution in [1.29, 1.82) is 0 Å². The Morgan fingerprint density at radius 2 is 2.20 bits per heavy atom. The molecule has 0 aromatic rings. The van der Waals surface area contributed by atoms with Crippen LogP contribution in [0.4, 0.5) is 0 Å². The fraction of sp³-hybridized carbons (Fsp3) is 0.545. The number of ether oxygens (including phenoxy) is 1. The molecule has 0 bridgehead atoms. The highest BCUT2D eigenvalue weighted by Gasteiger charge is 2.13. The van der Waals surface area contributed by atoms with Crippen molar-refractivity contribution in [3.8, 4) is 0 Å². The smallest absolute Gasteiger partial charge is 0.342 e. The van der Waals surface area contributed by atoms with E-state index in [0.29, 0.717) is 0 Å². The van der Waals surface area contributed by atoms with E-state index in [-0.39, 0.29) is 0 Å². The molecule has 0 radical (unpaired) electrons. The van der Waals surface area contributed by atoms with Gasteiger partial charge in [0.2, 0.25) is 0 Å². The average Bonchev–Trinajstić information content (AvgIpc) is 2.26. The van der Waals surface area contributed by atoms with Gasteiger partial charge in [-0.15, -0.1) is 0 Å². The Bertz CT molecular complexity index is 221. The van der Waals surface area contributed by atoms with Crippen molar-refractivity contribution in [2.45, 2.75) is 32.3 Å². The van der Waals surface area contributed by atoms with Crippen molar-refractivity contribution in [2.24, 2.45) is 0 Å². The number of allylic oxidation sites excluding steroid dienone is 3.